The van der Waals surface area contributed by atoms with Gasteiger partial charge in [-0.25, -0.2) is 0 Å². The van der Waals surface area contributed by atoms with E-state index in [9.17, 15) is 9.59 Å². The number of nitrogens with zero attached hydrogens (tertiary/aromatic N) is 3. The molecular formula is C28H32N6O2S. The Morgan fingerprint density at radius 3 is 2.49 bits per heavy atom. The fraction of sp³-hybridized carbons (Fsp3) is 0.321. The summed E-state index contributed by atoms with van der Waals surface area (Å²) in [6.45, 7) is 3.67. The molecule has 3 heterocycles. The van der Waals surface area contributed by atoms with Crippen LogP contribution in [-0.2, 0) is 9.59 Å². The van der Waals surface area contributed by atoms with Crippen molar-refractivity contribution in [2.24, 2.45) is 0 Å². The molecule has 192 valence electrons. The van der Waals surface area contributed by atoms with E-state index in [1.165, 1.54) is 0 Å². The molecule has 37 heavy (non-hydrogen) atoms. The summed E-state index contributed by atoms with van der Waals surface area (Å²) < 4.78 is 0. The Bertz CT molecular complexity index is 1280. The Labute approximate surface area is 221 Å². The molecule has 0 aliphatic carbocycles. The van der Waals surface area contributed by atoms with Gasteiger partial charge in [-0.05, 0) is 85.7 Å². The second-order valence-corrected chi connectivity index (χ2v) is 10.5. The van der Waals surface area contributed by atoms with Gasteiger partial charge in [0.25, 0.3) is 0 Å². The van der Waals surface area contributed by atoms with E-state index in [2.05, 4.69) is 10.2 Å². The monoisotopic (exact) mass is 516 g/mol. The SMILES string of the molecule is CN1CCN(c2ccc(C(=N)c3cc(NC(=O)C(c4ccsc4)N4CCCC4)ccc3N)cc2)C(=O)C1. The van der Waals surface area contributed by atoms with Gasteiger partial charge in [-0.3, -0.25) is 24.8 Å². The van der Waals surface area contributed by atoms with Gasteiger partial charge in [0.1, 0.15) is 6.04 Å². The number of hydrogen-bond donors (Lipinski definition) is 3. The van der Waals surface area contributed by atoms with Crippen molar-refractivity contribution in [1.29, 1.82) is 5.41 Å². The number of amides is 2. The summed E-state index contributed by atoms with van der Waals surface area (Å²) in [5.74, 6) is -0.0114. The molecule has 1 aromatic heterocycles. The zero-order chi connectivity index (χ0) is 25.9. The molecule has 2 aromatic carbocycles. The van der Waals surface area contributed by atoms with Crippen LogP contribution >= 0.6 is 11.3 Å². The molecule has 2 aliphatic heterocycles. The number of likely N-dealkylation sites (tertiary alicyclic amines) is 1. The lowest BCUT2D eigenvalue weighted by Crippen LogP contribution is -2.48. The average molecular weight is 517 g/mol. The summed E-state index contributed by atoms with van der Waals surface area (Å²) in [6.07, 6.45) is 2.19. The molecule has 9 heteroatoms. The van der Waals surface area contributed by atoms with Crippen LogP contribution in [0.4, 0.5) is 17.1 Å². The maximum Gasteiger partial charge on any atom is 0.246 e. The number of benzene rings is 2. The maximum absolute atomic E-state index is 13.4. The summed E-state index contributed by atoms with van der Waals surface area (Å²) >= 11 is 1.59. The summed E-state index contributed by atoms with van der Waals surface area (Å²) in [5, 5.41) is 15.9. The number of likely N-dealkylation sites (N-methyl/N-ethyl adjacent to an activating group) is 1. The molecule has 0 bridgehead atoms. The predicted molar refractivity (Wildman–Crippen MR) is 150 cm³/mol. The van der Waals surface area contributed by atoms with Crippen molar-refractivity contribution in [3.63, 3.8) is 0 Å². The third-order valence-corrected chi connectivity index (χ3v) is 7.78. The molecule has 1 unspecified atom stereocenters. The molecule has 1 atom stereocenters. The molecule has 0 radical (unpaired) electrons. The zero-order valence-corrected chi connectivity index (χ0v) is 21.8. The first-order valence-corrected chi connectivity index (χ1v) is 13.5. The highest BCUT2D eigenvalue weighted by atomic mass is 32.1. The van der Waals surface area contributed by atoms with E-state index in [1.807, 2.05) is 53.0 Å². The van der Waals surface area contributed by atoms with E-state index < -0.39 is 0 Å². The molecule has 8 nitrogen and oxygen atoms in total. The number of hydrogen-bond acceptors (Lipinski definition) is 7. The highest BCUT2D eigenvalue weighted by molar-refractivity contribution is 7.08. The summed E-state index contributed by atoms with van der Waals surface area (Å²) in [7, 11) is 1.94. The number of carbonyl (C=O) groups excluding carboxylic acids is 2. The topological polar surface area (TPSA) is 106 Å². The van der Waals surface area contributed by atoms with Crippen LogP contribution in [0.15, 0.2) is 59.3 Å². The molecule has 0 saturated carbocycles. The van der Waals surface area contributed by atoms with Gasteiger partial charge in [-0.2, -0.15) is 11.3 Å². The lowest BCUT2D eigenvalue weighted by Gasteiger charge is -2.32. The second kappa shape index (κ2) is 10.8. The lowest BCUT2D eigenvalue weighted by molar-refractivity contribution is -0.121. The van der Waals surface area contributed by atoms with Gasteiger partial charge in [-0.1, -0.05) is 12.1 Å². The van der Waals surface area contributed by atoms with Gasteiger partial charge in [0.05, 0.1) is 12.3 Å². The van der Waals surface area contributed by atoms with Crippen molar-refractivity contribution in [3.05, 3.63) is 76.0 Å². The highest BCUT2D eigenvalue weighted by Gasteiger charge is 2.30. The Kier molecular flexibility index (Phi) is 7.36. The van der Waals surface area contributed by atoms with Gasteiger partial charge < -0.3 is 16.0 Å². The number of nitrogen functional groups attached to an aromatic ring is 1. The Morgan fingerprint density at radius 2 is 1.81 bits per heavy atom. The quantitative estimate of drug-likeness (QED) is 0.327. The van der Waals surface area contributed by atoms with Crippen molar-refractivity contribution >= 4 is 45.9 Å². The van der Waals surface area contributed by atoms with Crippen molar-refractivity contribution < 1.29 is 9.59 Å². The number of anilines is 3. The minimum atomic E-state index is -0.334. The summed E-state index contributed by atoms with van der Waals surface area (Å²) in [4.78, 5) is 31.8. The van der Waals surface area contributed by atoms with Gasteiger partial charge in [0, 0.05) is 41.3 Å². The van der Waals surface area contributed by atoms with Crippen molar-refractivity contribution in [2.45, 2.75) is 18.9 Å². The molecule has 2 saturated heterocycles. The maximum atomic E-state index is 13.4. The minimum absolute atomic E-state index is 0.0685. The average Bonchev–Trinajstić information content (AvgIpc) is 3.61. The Balaban J connectivity index is 1.33. The fourth-order valence-electron chi connectivity index (χ4n) is 5.05. The number of carbonyl (C=O) groups is 2. The van der Waals surface area contributed by atoms with Crippen LogP contribution in [0.25, 0.3) is 0 Å². The first-order valence-electron chi connectivity index (χ1n) is 12.6. The molecule has 4 N–H and O–H groups in total. The number of thiophene rings is 1. The van der Waals surface area contributed by atoms with Gasteiger partial charge in [0.15, 0.2) is 0 Å². The normalized spacial score (nSPS) is 17.6. The van der Waals surface area contributed by atoms with Crippen LogP contribution in [0.1, 0.15) is 35.6 Å². The first-order chi connectivity index (χ1) is 17.9. The fourth-order valence-corrected chi connectivity index (χ4v) is 5.73. The van der Waals surface area contributed by atoms with E-state index in [0.29, 0.717) is 35.6 Å². The van der Waals surface area contributed by atoms with Crippen molar-refractivity contribution in [1.82, 2.24) is 9.80 Å². The second-order valence-electron chi connectivity index (χ2n) is 9.70. The Hall–Kier alpha value is -3.53. The standard InChI is InChI=1S/C28H32N6O2S/c1-32-13-14-34(25(35)17-32)22-7-4-19(5-8-22)26(30)23-16-21(6-9-24(23)29)31-28(36)27(20-10-15-37-18-20)33-11-2-3-12-33/h4-10,15-16,18,27,30H,2-3,11-14,17,29H2,1H3,(H,31,36). The van der Waals surface area contributed by atoms with Crippen LogP contribution in [0.2, 0.25) is 0 Å². The van der Waals surface area contributed by atoms with Crippen molar-refractivity contribution in [2.75, 3.05) is 55.7 Å². The molecular weight excluding hydrogens is 484 g/mol. The third kappa shape index (κ3) is 5.44. The molecule has 2 amide bonds. The largest absolute Gasteiger partial charge is 0.398 e. The number of rotatable bonds is 7. The first kappa shape index (κ1) is 25.1. The van der Waals surface area contributed by atoms with Crippen LogP contribution in [-0.4, -0.2) is 67.1 Å². The highest BCUT2D eigenvalue weighted by Crippen LogP contribution is 2.29. The molecule has 2 fully saturated rings. The van der Waals surface area contributed by atoms with Crippen LogP contribution < -0.4 is 16.0 Å². The molecule has 0 spiro atoms. The zero-order valence-electron chi connectivity index (χ0n) is 20.9. The van der Waals surface area contributed by atoms with Crippen molar-refractivity contribution in [3.8, 4) is 0 Å². The summed E-state index contributed by atoms with van der Waals surface area (Å²) in [5.41, 5.74) is 10.7. The van der Waals surface area contributed by atoms with E-state index in [-0.39, 0.29) is 23.6 Å². The van der Waals surface area contributed by atoms with Gasteiger partial charge >= 0.3 is 0 Å². The molecule has 3 aromatic rings. The van der Waals surface area contributed by atoms with E-state index in [4.69, 9.17) is 11.1 Å². The van der Waals surface area contributed by atoms with Crippen LogP contribution in [0, 0.1) is 5.41 Å². The van der Waals surface area contributed by atoms with E-state index in [0.717, 1.165) is 43.7 Å². The summed E-state index contributed by atoms with van der Waals surface area (Å²) in [6, 6.07) is 14.4. The molecule has 2 aliphatic rings. The van der Waals surface area contributed by atoms with Crippen LogP contribution in [0.3, 0.4) is 0 Å². The Morgan fingerprint density at radius 1 is 1.05 bits per heavy atom. The minimum Gasteiger partial charge on any atom is -0.398 e. The van der Waals surface area contributed by atoms with Gasteiger partial charge in [-0.15, -0.1) is 0 Å². The number of nitrogens with one attached hydrogen (secondary N) is 2. The lowest BCUT2D eigenvalue weighted by atomic mass is 9.99. The smallest absolute Gasteiger partial charge is 0.246 e. The van der Waals surface area contributed by atoms with E-state index >= 15 is 0 Å². The number of nitrogens with two attached hydrogens (primary N) is 1. The number of piperazine rings is 1. The van der Waals surface area contributed by atoms with Gasteiger partial charge in [0.2, 0.25) is 11.8 Å². The third-order valence-electron chi connectivity index (χ3n) is 7.08. The van der Waals surface area contributed by atoms with Crippen LogP contribution in [0.5, 0.6) is 0 Å². The van der Waals surface area contributed by atoms with E-state index in [1.54, 1.807) is 34.4 Å². The predicted octanol–water partition coefficient (Wildman–Crippen LogP) is 3.80. The molecule has 5 rings (SSSR count).